The Balaban J connectivity index is 3.28. The smallest absolute Gasteiger partial charge is 0.126 e. The molecule has 1 atom stereocenters. The predicted molar refractivity (Wildman–Crippen MR) is 74.5 cm³/mol. The van der Waals surface area contributed by atoms with E-state index in [1.807, 2.05) is 18.7 Å². The summed E-state index contributed by atoms with van der Waals surface area (Å²) in [6.45, 7) is 7.92. The van der Waals surface area contributed by atoms with Gasteiger partial charge in [0, 0.05) is 23.8 Å². The first-order valence-corrected chi connectivity index (χ1v) is 6.50. The van der Waals surface area contributed by atoms with E-state index in [0.29, 0.717) is 24.1 Å². The Bertz CT molecular complexity index is 478. The van der Waals surface area contributed by atoms with Crippen LogP contribution in [-0.4, -0.2) is 17.7 Å². The van der Waals surface area contributed by atoms with Crippen LogP contribution in [0.2, 0.25) is 0 Å². The molecule has 0 aliphatic carbocycles. The van der Waals surface area contributed by atoms with Crippen LogP contribution in [0, 0.1) is 24.1 Å². The zero-order valence-corrected chi connectivity index (χ0v) is 11.9. The normalized spacial score (nSPS) is 12.3. The summed E-state index contributed by atoms with van der Waals surface area (Å²) in [4.78, 5) is 2.03. The minimum Gasteiger partial charge on any atom is -0.389 e. The van der Waals surface area contributed by atoms with Crippen molar-refractivity contribution in [1.82, 2.24) is 0 Å². The van der Waals surface area contributed by atoms with Crippen molar-refractivity contribution >= 4 is 5.69 Å². The van der Waals surface area contributed by atoms with E-state index in [9.17, 15) is 9.50 Å². The molecule has 0 amide bonds. The summed E-state index contributed by atoms with van der Waals surface area (Å²) < 4.78 is 13.7. The first-order chi connectivity index (χ1) is 8.88. The molecule has 19 heavy (non-hydrogen) atoms. The lowest BCUT2D eigenvalue weighted by atomic mass is 10.0. The van der Waals surface area contributed by atoms with Crippen molar-refractivity contribution in [2.45, 2.75) is 46.3 Å². The van der Waals surface area contributed by atoms with Crippen LogP contribution in [0.4, 0.5) is 10.1 Å². The molecule has 0 fully saturated rings. The lowest BCUT2D eigenvalue weighted by Gasteiger charge is -2.31. The number of nitrogens with zero attached hydrogens (tertiary/aromatic N) is 2. The lowest BCUT2D eigenvalue weighted by molar-refractivity contribution is 0.199. The maximum atomic E-state index is 13.7. The van der Waals surface area contributed by atoms with E-state index in [0.717, 1.165) is 5.69 Å². The Kier molecular flexibility index (Phi) is 5.31. The predicted octanol–water partition coefficient (Wildman–Crippen LogP) is 3.32. The minimum absolute atomic E-state index is 0.177. The fourth-order valence-electron chi connectivity index (χ4n) is 2.09. The van der Waals surface area contributed by atoms with Gasteiger partial charge in [0.25, 0.3) is 0 Å². The molecule has 0 bridgehead atoms. The number of halogens is 1. The number of aryl methyl sites for hydroxylation is 1. The van der Waals surface area contributed by atoms with E-state index >= 15 is 0 Å². The summed E-state index contributed by atoms with van der Waals surface area (Å²) in [6, 6.07) is 5.43. The van der Waals surface area contributed by atoms with Gasteiger partial charge in [0.2, 0.25) is 0 Å². The second-order valence-electron chi connectivity index (χ2n) is 5.03. The SMILES string of the molecule is Cc1cc(N(CCC#N)C(C)C)c([C@@H](C)O)cc1F. The third kappa shape index (κ3) is 3.68. The summed E-state index contributed by atoms with van der Waals surface area (Å²) in [5.41, 5.74) is 1.91. The quantitative estimate of drug-likeness (QED) is 0.887. The van der Waals surface area contributed by atoms with Crippen LogP contribution < -0.4 is 4.90 Å². The number of benzene rings is 1. The molecule has 0 aliphatic rings. The van der Waals surface area contributed by atoms with Gasteiger partial charge in [-0.05, 0) is 45.4 Å². The van der Waals surface area contributed by atoms with Gasteiger partial charge in [-0.2, -0.15) is 5.26 Å². The molecular formula is C15H21FN2O. The van der Waals surface area contributed by atoms with Crippen LogP contribution in [0.25, 0.3) is 0 Å². The van der Waals surface area contributed by atoms with Crippen LogP contribution in [0.3, 0.4) is 0 Å². The van der Waals surface area contributed by atoms with Crippen LogP contribution >= 0.6 is 0 Å². The summed E-state index contributed by atoms with van der Waals surface area (Å²) in [5, 5.41) is 18.6. The van der Waals surface area contributed by atoms with Gasteiger partial charge in [-0.25, -0.2) is 4.39 Å². The number of rotatable bonds is 5. The van der Waals surface area contributed by atoms with Crippen molar-refractivity contribution in [3.8, 4) is 6.07 Å². The average molecular weight is 264 g/mol. The van der Waals surface area contributed by atoms with E-state index in [1.54, 1.807) is 19.9 Å². The zero-order chi connectivity index (χ0) is 14.6. The van der Waals surface area contributed by atoms with Gasteiger partial charge >= 0.3 is 0 Å². The van der Waals surface area contributed by atoms with Gasteiger partial charge in [-0.3, -0.25) is 0 Å². The fraction of sp³-hybridized carbons (Fsp3) is 0.533. The largest absolute Gasteiger partial charge is 0.389 e. The van der Waals surface area contributed by atoms with E-state index in [1.165, 1.54) is 6.07 Å². The fourth-order valence-corrected chi connectivity index (χ4v) is 2.09. The topological polar surface area (TPSA) is 47.3 Å². The van der Waals surface area contributed by atoms with E-state index in [-0.39, 0.29) is 11.9 Å². The Morgan fingerprint density at radius 1 is 1.37 bits per heavy atom. The van der Waals surface area contributed by atoms with Crippen LogP contribution in [0.1, 0.15) is 44.4 Å². The highest BCUT2D eigenvalue weighted by Gasteiger charge is 2.18. The van der Waals surface area contributed by atoms with Crippen LogP contribution in [0.5, 0.6) is 0 Å². The van der Waals surface area contributed by atoms with Gasteiger partial charge in [0.05, 0.1) is 18.6 Å². The standard InChI is InChI=1S/C15H21FN2O/c1-10(2)18(7-5-6-17)15-8-11(3)14(16)9-13(15)12(4)19/h8-10,12,19H,5,7H2,1-4H3/t12-/m1/s1. The van der Waals surface area contributed by atoms with E-state index in [2.05, 4.69) is 6.07 Å². The number of anilines is 1. The Labute approximate surface area is 114 Å². The highest BCUT2D eigenvalue weighted by atomic mass is 19.1. The van der Waals surface area contributed by atoms with Crippen molar-refractivity contribution in [2.75, 3.05) is 11.4 Å². The molecule has 0 aromatic heterocycles. The van der Waals surface area contributed by atoms with Crippen molar-refractivity contribution in [2.24, 2.45) is 0 Å². The first-order valence-electron chi connectivity index (χ1n) is 6.50. The first kappa shape index (κ1) is 15.5. The van der Waals surface area contributed by atoms with Crippen LogP contribution in [0.15, 0.2) is 12.1 Å². The van der Waals surface area contributed by atoms with Gasteiger partial charge in [-0.1, -0.05) is 0 Å². The highest BCUT2D eigenvalue weighted by Crippen LogP contribution is 2.30. The summed E-state index contributed by atoms with van der Waals surface area (Å²) in [5.74, 6) is -0.316. The van der Waals surface area contributed by atoms with Crippen molar-refractivity contribution in [3.63, 3.8) is 0 Å². The molecule has 104 valence electrons. The van der Waals surface area contributed by atoms with Gasteiger partial charge in [0.1, 0.15) is 5.82 Å². The summed E-state index contributed by atoms with van der Waals surface area (Å²) in [6.07, 6.45) is -0.346. The third-order valence-electron chi connectivity index (χ3n) is 3.16. The Morgan fingerprint density at radius 2 is 2.00 bits per heavy atom. The second-order valence-corrected chi connectivity index (χ2v) is 5.03. The molecule has 1 aromatic rings. The minimum atomic E-state index is -0.742. The summed E-state index contributed by atoms with van der Waals surface area (Å²) >= 11 is 0. The molecule has 0 heterocycles. The Hall–Kier alpha value is -1.60. The molecule has 4 heteroatoms. The van der Waals surface area contributed by atoms with Gasteiger partial charge in [0.15, 0.2) is 0 Å². The molecule has 0 radical (unpaired) electrons. The van der Waals surface area contributed by atoms with Crippen molar-refractivity contribution in [3.05, 3.63) is 29.1 Å². The summed E-state index contributed by atoms with van der Waals surface area (Å²) in [7, 11) is 0. The average Bonchev–Trinajstić information content (AvgIpc) is 2.32. The molecule has 3 nitrogen and oxygen atoms in total. The molecule has 1 rings (SSSR count). The van der Waals surface area contributed by atoms with Gasteiger partial charge < -0.3 is 10.0 Å². The molecule has 0 aliphatic heterocycles. The van der Waals surface area contributed by atoms with Gasteiger partial charge in [-0.15, -0.1) is 0 Å². The number of hydrogen-bond acceptors (Lipinski definition) is 3. The maximum Gasteiger partial charge on any atom is 0.126 e. The number of aliphatic hydroxyl groups excluding tert-OH is 1. The van der Waals surface area contributed by atoms with Crippen molar-refractivity contribution in [1.29, 1.82) is 5.26 Å². The zero-order valence-electron chi connectivity index (χ0n) is 11.9. The van der Waals surface area contributed by atoms with Crippen molar-refractivity contribution < 1.29 is 9.50 Å². The molecule has 1 N–H and O–H groups in total. The third-order valence-corrected chi connectivity index (χ3v) is 3.16. The second kappa shape index (κ2) is 6.53. The highest BCUT2D eigenvalue weighted by molar-refractivity contribution is 5.57. The molecular weight excluding hydrogens is 243 g/mol. The number of nitriles is 1. The number of hydrogen-bond donors (Lipinski definition) is 1. The van der Waals surface area contributed by atoms with Crippen LogP contribution in [-0.2, 0) is 0 Å². The molecule has 0 spiro atoms. The van der Waals surface area contributed by atoms with E-state index in [4.69, 9.17) is 5.26 Å². The maximum absolute atomic E-state index is 13.7. The van der Waals surface area contributed by atoms with E-state index < -0.39 is 6.10 Å². The molecule has 0 unspecified atom stereocenters. The molecule has 1 aromatic carbocycles. The Morgan fingerprint density at radius 3 is 2.47 bits per heavy atom. The molecule has 0 saturated heterocycles. The monoisotopic (exact) mass is 264 g/mol. The lowest BCUT2D eigenvalue weighted by Crippen LogP contribution is -2.32. The number of aliphatic hydroxyl groups is 1. The molecule has 0 saturated carbocycles.